The Balaban J connectivity index is 1.99. The monoisotopic (exact) mass is 285 g/mol. The van der Waals surface area contributed by atoms with E-state index in [-0.39, 0.29) is 5.82 Å². The second-order valence-corrected chi connectivity index (χ2v) is 5.59. The van der Waals surface area contributed by atoms with Gasteiger partial charge in [-0.1, -0.05) is 49.4 Å². The highest BCUT2D eigenvalue weighted by atomic mass is 19.1. The molecule has 0 aromatic heterocycles. The number of hydrogen-bond donors (Lipinski definition) is 1. The summed E-state index contributed by atoms with van der Waals surface area (Å²) in [5, 5.41) is 3.51. The Kier molecular flexibility index (Phi) is 6.42. The quantitative estimate of drug-likeness (QED) is 0.716. The van der Waals surface area contributed by atoms with Gasteiger partial charge in [-0.25, -0.2) is 4.39 Å². The van der Waals surface area contributed by atoms with Crippen LogP contribution < -0.4 is 5.32 Å². The van der Waals surface area contributed by atoms with E-state index in [4.69, 9.17) is 0 Å². The summed E-state index contributed by atoms with van der Waals surface area (Å²) in [4.78, 5) is 0. The van der Waals surface area contributed by atoms with Gasteiger partial charge in [0.25, 0.3) is 0 Å². The van der Waals surface area contributed by atoms with Gasteiger partial charge in [0, 0.05) is 0 Å². The summed E-state index contributed by atoms with van der Waals surface area (Å²) < 4.78 is 13.0. The van der Waals surface area contributed by atoms with Gasteiger partial charge in [0.15, 0.2) is 0 Å². The highest BCUT2D eigenvalue weighted by Crippen LogP contribution is 2.15. The minimum Gasteiger partial charge on any atom is -0.316 e. The van der Waals surface area contributed by atoms with E-state index in [9.17, 15) is 4.39 Å². The Bertz CT molecular complexity index is 507. The van der Waals surface area contributed by atoms with Gasteiger partial charge in [-0.3, -0.25) is 0 Å². The smallest absolute Gasteiger partial charge is 0.123 e. The molecule has 0 aliphatic heterocycles. The van der Waals surface area contributed by atoms with Crippen LogP contribution in [0.25, 0.3) is 0 Å². The van der Waals surface area contributed by atoms with E-state index >= 15 is 0 Å². The first-order valence-electron chi connectivity index (χ1n) is 7.77. The van der Waals surface area contributed by atoms with Crippen molar-refractivity contribution in [3.8, 4) is 0 Å². The van der Waals surface area contributed by atoms with Crippen LogP contribution in [-0.4, -0.2) is 13.1 Å². The zero-order valence-corrected chi connectivity index (χ0v) is 12.7. The first-order chi connectivity index (χ1) is 10.3. The molecular formula is C19H24FN. The van der Waals surface area contributed by atoms with Crippen LogP contribution in [0.3, 0.4) is 0 Å². The molecule has 2 aromatic rings. The molecule has 0 bridgehead atoms. The molecule has 0 heterocycles. The van der Waals surface area contributed by atoms with Crippen LogP contribution in [0.1, 0.15) is 24.5 Å². The summed E-state index contributed by atoms with van der Waals surface area (Å²) in [5.74, 6) is 0.367. The molecule has 0 radical (unpaired) electrons. The molecule has 1 atom stereocenters. The summed E-state index contributed by atoms with van der Waals surface area (Å²) >= 11 is 0. The Morgan fingerprint density at radius 2 is 1.52 bits per heavy atom. The van der Waals surface area contributed by atoms with Crippen LogP contribution >= 0.6 is 0 Å². The fourth-order valence-corrected chi connectivity index (χ4v) is 2.60. The molecule has 0 saturated heterocycles. The Morgan fingerprint density at radius 3 is 2.14 bits per heavy atom. The average Bonchev–Trinajstić information content (AvgIpc) is 2.51. The zero-order chi connectivity index (χ0) is 14.9. The fourth-order valence-electron chi connectivity index (χ4n) is 2.60. The summed E-state index contributed by atoms with van der Waals surface area (Å²) in [6.45, 7) is 4.23. The lowest BCUT2D eigenvalue weighted by atomic mass is 9.92. The molecule has 1 nitrogen and oxygen atoms in total. The normalized spacial score (nSPS) is 12.3. The van der Waals surface area contributed by atoms with Crippen LogP contribution in [0.15, 0.2) is 54.6 Å². The molecule has 2 aromatic carbocycles. The first-order valence-corrected chi connectivity index (χ1v) is 7.77. The molecule has 1 unspecified atom stereocenters. The Hall–Kier alpha value is -1.67. The van der Waals surface area contributed by atoms with Crippen molar-refractivity contribution in [3.63, 3.8) is 0 Å². The van der Waals surface area contributed by atoms with Crippen LogP contribution in [0, 0.1) is 11.7 Å². The summed E-state index contributed by atoms with van der Waals surface area (Å²) in [6, 6.07) is 17.5. The van der Waals surface area contributed by atoms with Crippen molar-refractivity contribution in [2.45, 2.75) is 26.2 Å². The number of nitrogens with one attached hydrogen (secondary N) is 1. The third kappa shape index (κ3) is 5.68. The molecule has 0 spiro atoms. The predicted octanol–water partition coefficient (Wildman–Crippen LogP) is 4.23. The molecular weight excluding hydrogens is 261 g/mol. The second kappa shape index (κ2) is 8.58. The van der Waals surface area contributed by atoms with Crippen molar-refractivity contribution < 1.29 is 4.39 Å². The minimum atomic E-state index is -0.164. The van der Waals surface area contributed by atoms with Gasteiger partial charge < -0.3 is 5.32 Å². The lowest BCUT2D eigenvalue weighted by Gasteiger charge is -2.18. The maximum atomic E-state index is 13.0. The maximum Gasteiger partial charge on any atom is 0.123 e. The third-order valence-electron chi connectivity index (χ3n) is 3.66. The summed E-state index contributed by atoms with van der Waals surface area (Å²) in [6.07, 6.45) is 3.18. The highest BCUT2D eigenvalue weighted by Gasteiger charge is 2.10. The van der Waals surface area contributed by atoms with Crippen molar-refractivity contribution >= 4 is 0 Å². The van der Waals surface area contributed by atoms with Crippen molar-refractivity contribution in [1.29, 1.82) is 0 Å². The number of benzene rings is 2. The van der Waals surface area contributed by atoms with Crippen molar-refractivity contribution in [2.24, 2.45) is 5.92 Å². The van der Waals surface area contributed by atoms with Gasteiger partial charge >= 0.3 is 0 Å². The molecule has 2 heteroatoms. The Morgan fingerprint density at radius 1 is 0.905 bits per heavy atom. The van der Waals surface area contributed by atoms with E-state index in [1.165, 1.54) is 11.1 Å². The van der Waals surface area contributed by atoms with Gasteiger partial charge in [-0.15, -0.1) is 0 Å². The first kappa shape index (κ1) is 15.7. The van der Waals surface area contributed by atoms with E-state index in [0.29, 0.717) is 5.92 Å². The molecule has 0 aliphatic carbocycles. The topological polar surface area (TPSA) is 12.0 Å². The van der Waals surface area contributed by atoms with E-state index < -0.39 is 0 Å². The number of rotatable bonds is 8. The maximum absolute atomic E-state index is 13.0. The van der Waals surface area contributed by atoms with Gasteiger partial charge in [-0.2, -0.15) is 0 Å². The van der Waals surface area contributed by atoms with Crippen molar-refractivity contribution in [3.05, 3.63) is 71.5 Å². The summed E-state index contributed by atoms with van der Waals surface area (Å²) in [5.41, 5.74) is 2.57. The summed E-state index contributed by atoms with van der Waals surface area (Å²) in [7, 11) is 0. The SMILES string of the molecule is CCCNCC(Cc1ccccc1)Cc1ccc(F)cc1. The van der Waals surface area contributed by atoms with Crippen LogP contribution in [0.2, 0.25) is 0 Å². The lowest BCUT2D eigenvalue weighted by Crippen LogP contribution is -2.26. The van der Waals surface area contributed by atoms with Gasteiger partial charge in [0.2, 0.25) is 0 Å². The second-order valence-electron chi connectivity index (χ2n) is 5.59. The fraction of sp³-hybridized carbons (Fsp3) is 0.368. The zero-order valence-electron chi connectivity index (χ0n) is 12.7. The molecule has 0 amide bonds. The van der Waals surface area contributed by atoms with Gasteiger partial charge in [0.05, 0.1) is 0 Å². The van der Waals surface area contributed by atoms with Crippen LogP contribution in [-0.2, 0) is 12.8 Å². The molecule has 112 valence electrons. The van der Waals surface area contributed by atoms with Gasteiger partial charge in [0.1, 0.15) is 5.82 Å². The van der Waals surface area contributed by atoms with Gasteiger partial charge in [-0.05, 0) is 61.5 Å². The van der Waals surface area contributed by atoms with E-state index in [1.807, 2.05) is 18.2 Å². The molecule has 0 saturated carbocycles. The molecule has 2 rings (SSSR count). The van der Waals surface area contributed by atoms with E-state index in [0.717, 1.165) is 32.4 Å². The molecule has 21 heavy (non-hydrogen) atoms. The number of halogens is 1. The third-order valence-corrected chi connectivity index (χ3v) is 3.66. The molecule has 0 aliphatic rings. The molecule has 0 fully saturated rings. The predicted molar refractivity (Wildman–Crippen MR) is 86.9 cm³/mol. The highest BCUT2D eigenvalue weighted by molar-refractivity contribution is 5.19. The van der Waals surface area contributed by atoms with Crippen LogP contribution in [0.4, 0.5) is 4.39 Å². The Labute approximate surface area is 127 Å². The number of hydrogen-bond acceptors (Lipinski definition) is 1. The van der Waals surface area contributed by atoms with Crippen molar-refractivity contribution in [1.82, 2.24) is 5.32 Å². The lowest BCUT2D eigenvalue weighted by molar-refractivity contribution is 0.470. The minimum absolute atomic E-state index is 0.164. The van der Waals surface area contributed by atoms with Crippen LogP contribution in [0.5, 0.6) is 0 Å². The largest absolute Gasteiger partial charge is 0.316 e. The van der Waals surface area contributed by atoms with Crippen molar-refractivity contribution in [2.75, 3.05) is 13.1 Å². The average molecular weight is 285 g/mol. The van der Waals surface area contributed by atoms with E-state index in [2.05, 4.69) is 36.5 Å². The van der Waals surface area contributed by atoms with E-state index in [1.54, 1.807) is 12.1 Å². The standard InChI is InChI=1S/C19H24FN/c1-2-12-21-15-18(13-16-6-4-3-5-7-16)14-17-8-10-19(20)11-9-17/h3-11,18,21H,2,12-15H2,1H3. The molecule has 1 N–H and O–H groups in total.